The van der Waals surface area contributed by atoms with Gasteiger partial charge in [-0.1, -0.05) is 15.9 Å². The van der Waals surface area contributed by atoms with Crippen LogP contribution in [-0.4, -0.2) is 33.7 Å². The molecule has 0 spiro atoms. The Morgan fingerprint density at radius 3 is 2.56 bits per heavy atom. The number of hydrogen-bond acceptors (Lipinski definition) is 3. The summed E-state index contributed by atoms with van der Waals surface area (Å²) < 4.78 is 11.7. The molecule has 0 saturated heterocycles. The number of quaternary nitrogens is 1. The van der Waals surface area contributed by atoms with Gasteiger partial charge >= 0.3 is 0 Å². The monoisotopic (exact) mass is 407 g/mol. The normalized spacial score (nSPS) is 11.7. The molecule has 0 aliphatic heterocycles. The van der Waals surface area contributed by atoms with Crippen molar-refractivity contribution in [2.24, 2.45) is 0 Å². The maximum Gasteiger partial charge on any atom is 0.279 e. The Morgan fingerprint density at radius 1 is 1.16 bits per heavy atom. The SMILES string of the molecule is COc1ccc(C[NH+](C)CC(=O)Nc2ccc(Br)c(C)c2)c(OC)c1. The molecular weight excluding hydrogens is 384 g/mol. The Bertz CT molecular complexity index is 749. The van der Waals surface area contributed by atoms with Gasteiger partial charge in [0.1, 0.15) is 18.0 Å². The zero-order valence-electron chi connectivity index (χ0n) is 15.0. The zero-order chi connectivity index (χ0) is 18.4. The van der Waals surface area contributed by atoms with Crippen molar-refractivity contribution in [1.29, 1.82) is 0 Å². The molecule has 1 atom stereocenters. The molecule has 134 valence electrons. The second kappa shape index (κ2) is 8.87. The molecule has 2 N–H and O–H groups in total. The molecule has 0 saturated carbocycles. The lowest BCUT2D eigenvalue weighted by Crippen LogP contribution is -3.08. The van der Waals surface area contributed by atoms with E-state index in [-0.39, 0.29) is 5.91 Å². The quantitative estimate of drug-likeness (QED) is 0.740. The fraction of sp³-hybridized carbons (Fsp3) is 0.316. The van der Waals surface area contributed by atoms with Gasteiger partial charge in [-0.3, -0.25) is 4.79 Å². The minimum Gasteiger partial charge on any atom is -0.497 e. The molecule has 0 aliphatic rings. The van der Waals surface area contributed by atoms with E-state index in [1.165, 1.54) is 0 Å². The highest BCUT2D eigenvalue weighted by Crippen LogP contribution is 2.24. The molecule has 1 amide bonds. The summed E-state index contributed by atoms with van der Waals surface area (Å²) in [6, 6.07) is 11.5. The van der Waals surface area contributed by atoms with E-state index < -0.39 is 0 Å². The predicted octanol–water partition coefficient (Wildman–Crippen LogP) is 2.43. The summed E-state index contributed by atoms with van der Waals surface area (Å²) >= 11 is 3.46. The number of methoxy groups -OCH3 is 2. The van der Waals surface area contributed by atoms with Gasteiger partial charge in [0, 0.05) is 21.8 Å². The number of nitrogens with one attached hydrogen (secondary N) is 2. The lowest BCUT2D eigenvalue weighted by molar-refractivity contribution is -0.885. The van der Waals surface area contributed by atoms with E-state index in [0.717, 1.165) is 37.7 Å². The predicted molar refractivity (Wildman–Crippen MR) is 103 cm³/mol. The third-order valence-electron chi connectivity index (χ3n) is 3.89. The first-order valence-corrected chi connectivity index (χ1v) is 8.80. The molecule has 0 radical (unpaired) electrons. The van der Waals surface area contributed by atoms with Gasteiger partial charge in [-0.25, -0.2) is 0 Å². The van der Waals surface area contributed by atoms with Gasteiger partial charge in [-0.15, -0.1) is 0 Å². The second-order valence-corrected chi connectivity index (χ2v) is 6.85. The largest absolute Gasteiger partial charge is 0.497 e. The number of hydrogen-bond donors (Lipinski definition) is 2. The third kappa shape index (κ3) is 5.47. The molecule has 5 nitrogen and oxygen atoms in total. The van der Waals surface area contributed by atoms with Gasteiger partial charge in [0.25, 0.3) is 5.91 Å². The molecule has 2 rings (SSSR count). The minimum absolute atomic E-state index is 0.0216. The summed E-state index contributed by atoms with van der Waals surface area (Å²) in [6.45, 7) is 3.04. The summed E-state index contributed by atoms with van der Waals surface area (Å²) in [4.78, 5) is 13.3. The van der Waals surface area contributed by atoms with E-state index in [1.807, 2.05) is 50.4 Å². The molecule has 0 heterocycles. The van der Waals surface area contributed by atoms with E-state index in [9.17, 15) is 4.79 Å². The summed E-state index contributed by atoms with van der Waals surface area (Å²) in [6.07, 6.45) is 0. The molecule has 0 bridgehead atoms. The number of anilines is 1. The van der Waals surface area contributed by atoms with Gasteiger partial charge in [0.2, 0.25) is 0 Å². The van der Waals surface area contributed by atoms with Crippen molar-refractivity contribution in [3.05, 3.63) is 52.0 Å². The van der Waals surface area contributed by atoms with Crippen molar-refractivity contribution in [2.45, 2.75) is 13.5 Å². The van der Waals surface area contributed by atoms with Crippen LogP contribution in [0.3, 0.4) is 0 Å². The third-order valence-corrected chi connectivity index (χ3v) is 4.78. The Kier molecular flexibility index (Phi) is 6.84. The number of aryl methyl sites for hydroxylation is 1. The highest BCUT2D eigenvalue weighted by molar-refractivity contribution is 9.10. The van der Waals surface area contributed by atoms with E-state index in [2.05, 4.69) is 21.2 Å². The molecule has 25 heavy (non-hydrogen) atoms. The first-order chi connectivity index (χ1) is 11.9. The van der Waals surface area contributed by atoms with Crippen molar-refractivity contribution < 1.29 is 19.2 Å². The van der Waals surface area contributed by atoms with Crippen molar-refractivity contribution in [3.63, 3.8) is 0 Å². The van der Waals surface area contributed by atoms with Crippen molar-refractivity contribution in [2.75, 3.05) is 33.1 Å². The van der Waals surface area contributed by atoms with Crippen molar-refractivity contribution in [3.8, 4) is 11.5 Å². The lowest BCUT2D eigenvalue weighted by atomic mass is 10.1. The number of halogens is 1. The fourth-order valence-electron chi connectivity index (χ4n) is 2.59. The average molecular weight is 408 g/mol. The van der Waals surface area contributed by atoms with Crippen LogP contribution in [0.2, 0.25) is 0 Å². The number of carbonyl (C=O) groups is 1. The van der Waals surface area contributed by atoms with Gasteiger partial charge < -0.3 is 19.7 Å². The number of ether oxygens (including phenoxy) is 2. The Morgan fingerprint density at radius 2 is 1.92 bits per heavy atom. The van der Waals surface area contributed by atoms with Crippen LogP contribution in [0.5, 0.6) is 11.5 Å². The molecule has 6 heteroatoms. The minimum atomic E-state index is -0.0216. The lowest BCUT2D eigenvalue weighted by Gasteiger charge is -2.16. The highest BCUT2D eigenvalue weighted by Gasteiger charge is 2.14. The Labute approximate surface area is 157 Å². The van der Waals surface area contributed by atoms with Gasteiger partial charge in [0.15, 0.2) is 6.54 Å². The molecular formula is C19H24BrN2O3+. The van der Waals surface area contributed by atoms with E-state index in [4.69, 9.17) is 9.47 Å². The van der Waals surface area contributed by atoms with Crippen molar-refractivity contribution >= 4 is 27.5 Å². The maximum absolute atomic E-state index is 12.3. The van der Waals surface area contributed by atoms with E-state index in [1.54, 1.807) is 14.2 Å². The Hall–Kier alpha value is -2.05. The standard InChI is InChI=1S/C19H23BrN2O3/c1-13-9-15(6-8-17(13)20)21-19(23)12-22(2)11-14-5-7-16(24-3)10-18(14)25-4/h5-10H,11-12H2,1-4H3,(H,21,23)/p+1. The molecule has 2 aromatic rings. The van der Waals surface area contributed by atoms with Gasteiger partial charge in [-0.2, -0.15) is 0 Å². The fourth-order valence-corrected chi connectivity index (χ4v) is 2.83. The molecule has 0 fully saturated rings. The first kappa shape index (κ1) is 19.3. The number of likely N-dealkylation sites (N-methyl/N-ethyl adjacent to an activating group) is 1. The van der Waals surface area contributed by atoms with Crippen LogP contribution in [0.4, 0.5) is 5.69 Å². The average Bonchev–Trinajstić information content (AvgIpc) is 2.58. The maximum atomic E-state index is 12.3. The van der Waals surface area contributed by atoms with Crippen LogP contribution in [0.15, 0.2) is 40.9 Å². The van der Waals surface area contributed by atoms with Crippen LogP contribution >= 0.6 is 15.9 Å². The molecule has 0 aliphatic carbocycles. The van der Waals surface area contributed by atoms with Gasteiger partial charge in [-0.05, 0) is 42.8 Å². The zero-order valence-corrected chi connectivity index (χ0v) is 16.6. The number of benzene rings is 2. The van der Waals surface area contributed by atoms with Crippen molar-refractivity contribution in [1.82, 2.24) is 0 Å². The molecule has 2 aromatic carbocycles. The van der Waals surface area contributed by atoms with E-state index >= 15 is 0 Å². The summed E-state index contributed by atoms with van der Waals surface area (Å²) in [5.74, 6) is 1.50. The number of carbonyl (C=O) groups excluding carboxylic acids is 1. The van der Waals surface area contributed by atoms with Gasteiger partial charge in [0.05, 0.1) is 21.3 Å². The van der Waals surface area contributed by atoms with Crippen LogP contribution in [0, 0.1) is 6.92 Å². The highest BCUT2D eigenvalue weighted by atomic mass is 79.9. The second-order valence-electron chi connectivity index (χ2n) is 6.00. The van der Waals surface area contributed by atoms with E-state index in [0.29, 0.717) is 13.1 Å². The summed E-state index contributed by atoms with van der Waals surface area (Å²) in [5.41, 5.74) is 2.93. The van der Waals surface area contributed by atoms with Crippen LogP contribution in [0.25, 0.3) is 0 Å². The molecule has 1 unspecified atom stereocenters. The summed E-state index contributed by atoms with van der Waals surface area (Å²) in [7, 11) is 5.24. The summed E-state index contributed by atoms with van der Waals surface area (Å²) in [5, 5.41) is 2.94. The topological polar surface area (TPSA) is 52.0 Å². The van der Waals surface area contributed by atoms with Crippen LogP contribution in [0.1, 0.15) is 11.1 Å². The smallest absolute Gasteiger partial charge is 0.279 e. The van der Waals surface area contributed by atoms with Crippen LogP contribution < -0.4 is 19.7 Å². The molecule has 0 aromatic heterocycles. The first-order valence-electron chi connectivity index (χ1n) is 8.01. The number of amides is 1. The van der Waals surface area contributed by atoms with Crippen LogP contribution in [-0.2, 0) is 11.3 Å². The Balaban J connectivity index is 1.96. The number of rotatable bonds is 7.